The highest BCUT2D eigenvalue weighted by Gasteiger charge is 2.10. The minimum absolute atomic E-state index is 0.131. The van der Waals surface area contributed by atoms with Crippen molar-refractivity contribution in [3.63, 3.8) is 0 Å². The van der Waals surface area contributed by atoms with E-state index in [1.54, 1.807) is 0 Å². The zero-order chi connectivity index (χ0) is 14.7. The molecule has 5 N–H and O–H groups in total. The minimum atomic E-state index is -0.670. The first kappa shape index (κ1) is 13.9. The molecule has 0 saturated carbocycles. The molecule has 0 fully saturated rings. The summed E-state index contributed by atoms with van der Waals surface area (Å²) < 4.78 is 13.1. The van der Waals surface area contributed by atoms with Crippen molar-refractivity contribution in [3.05, 3.63) is 58.9 Å². The first-order chi connectivity index (χ1) is 9.49. The van der Waals surface area contributed by atoms with Crippen molar-refractivity contribution < 1.29 is 9.18 Å². The summed E-state index contributed by atoms with van der Waals surface area (Å²) in [4.78, 5) is 11.3. The second-order valence-electron chi connectivity index (χ2n) is 4.54. The van der Waals surface area contributed by atoms with Crippen LogP contribution in [0, 0.1) is 12.7 Å². The molecule has 0 aliphatic carbocycles. The summed E-state index contributed by atoms with van der Waals surface area (Å²) in [6.45, 7) is 2.40. The third-order valence-corrected chi connectivity index (χ3v) is 3.20. The van der Waals surface area contributed by atoms with E-state index in [0.717, 1.165) is 17.2 Å². The van der Waals surface area contributed by atoms with E-state index in [1.807, 2.05) is 25.1 Å². The highest BCUT2D eigenvalue weighted by molar-refractivity contribution is 5.98. The fraction of sp³-hybridized carbons (Fsp3) is 0.133. The first-order valence-electron chi connectivity index (χ1n) is 6.16. The average Bonchev–Trinajstić information content (AvgIpc) is 2.41. The number of carbonyl (C=O) groups is 1. The van der Waals surface area contributed by atoms with Crippen LogP contribution < -0.4 is 16.8 Å². The summed E-state index contributed by atoms with van der Waals surface area (Å²) in [6, 6.07) is 9.52. The Kier molecular flexibility index (Phi) is 3.89. The van der Waals surface area contributed by atoms with Gasteiger partial charge in [0, 0.05) is 17.9 Å². The van der Waals surface area contributed by atoms with Gasteiger partial charge >= 0.3 is 0 Å². The van der Waals surface area contributed by atoms with Crippen molar-refractivity contribution in [2.45, 2.75) is 13.5 Å². The Morgan fingerprint density at radius 1 is 1.30 bits per heavy atom. The Morgan fingerprint density at radius 2 is 2.05 bits per heavy atom. The molecule has 5 heteroatoms. The van der Waals surface area contributed by atoms with E-state index in [4.69, 9.17) is 11.5 Å². The smallest absolute Gasteiger partial charge is 0.250 e. The molecule has 2 rings (SSSR count). The molecular formula is C15H16FN3O. The van der Waals surface area contributed by atoms with Gasteiger partial charge in [0.05, 0.1) is 5.56 Å². The molecule has 0 radical (unpaired) electrons. The molecule has 0 aliphatic rings. The molecule has 0 heterocycles. The molecule has 1 amide bonds. The molecule has 0 bridgehead atoms. The number of anilines is 2. The van der Waals surface area contributed by atoms with Crippen molar-refractivity contribution in [1.82, 2.24) is 0 Å². The zero-order valence-electron chi connectivity index (χ0n) is 11.1. The maximum Gasteiger partial charge on any atom is 0.250 e. The predicted octanol–water partition coefficient (Wildman–Crippen LogP) is 2.43. The summed E-state index contributed by atoms with van der Waals surface area (Å²) >= 11 is 0. The van der Waals surface area contributed by atoms with E-state index in [1.165, 1.54) is 12.1 Å². The number of halogens is 1. The van der Waals surface area contributed by atoms with Crippen LogP contribution in [-0.2, 0) is 6.54 Å². The van der Waals surface area contributed by atoms with E-state index in [-0.39, 0.29) is 5.56 Å². The van der Waals surface area contributed by atoms with Crippen molar-refractivity contribution in [2.75, 3.05) is 11.1 Å². The lowest BCUT2D eigenvalue weighted by Crippen LogP contribution is -2.15. The maximum absolute atomic E-state index is 13.1. The van der Waals surface area contributed by atoms with Crippen LogP contribution in [0.3, 0.4) is 0 Å². The van der Waals surface area contributed by atoms with Crippen LogP contribution in [0.4, 0.5) is 15.8 Å². The summed E-state index contributed by atoms with van der Waals surface area (Å²) in [5.41, 5.74) is 14.4. The van der Waals surface area contributed by atoms with Gasteiger partial charge in [-0.3, -0.25) is 4.79 Å². The fourth-order valence-corrected chi connectivity index (χ4v) is 1.96. The van der Waals surface area contributed by atoms with Crippen molar-refractivity contribution >= 4 is 17.3 Å². The molecule has 0 saturated heterocycles. The second-order valence-corrected chi connectivity index (χ2v) is 4.54. The number of rotatable bonds is 4. The van der Waals surface area contributed by atoms with Crippen LogP contribution in [0.5, 0.6) is 0 Å². The SMILES string of the molecule is Cc1c(N)cccc1CNc1ccc(F)cc1C(N)=O. The molecule has 104 valence electrons. The molecule has 4 nitrogen and oxygen atoms in total. The molecule has 0 aromatic heterocycles. The molecule has 20 heavy (non-hydrogen) atoms. The van der Waals surface area contributed by atoms with Gasteiger partial charge in [-0.25, -0.2) is 4.39 Å². The summed E-state index contributed by atoms with van der Waals surface area (Å²) in [5, 5.41) is 3.08. The van der Waals surface area contributed by atoms with E-state index < -0.39 is 11.7 Å². The van der Waals surface area contributed by atoms with Crippen LogP contribution in [-0.4, -0.2) is 5.91 Å². The molecule has 0 unspecified atom stereocenters. The van der Waals surface area contributed by atoms with Crippen LogP contribution in [0.1, 0.15) is 21.5 Å². The normalized spacial score (nSPS) is 10.3. The largest absolute Gasteiger partial charge is 0.399 e. The molecular weight excluding hydrogens is 257 g/mol. The Hall–Kier alpha value is -2.56. The maximum atomic E-state index is 13.1. The lowest BCUT2D eigenvalue weighted by Gasteiger charge is -2.13. The monoisotopic (exact) mass is 273 g/mol. The lowest BCUT2D eigenvalue weighted by atomic mass is 10.1. The Bertz CT molecular complexity index is 656. The van der Waals surface area contributed by atoms with Gasteiger partial charge in [-0.05, 0) is 42.3 Å². The first-order valence-corrected chi connectivity index (χ1v) is 6.16. The summed E-state index contributed by atoms with van der Waals surface area (Å²) in [7, 11) is 0. The topological polar surface area (TPSA) is 81.1 Å². The van der Waals surface area contributed by atoms with Gasteiger partial charge in [0.2, 0.25) is 0 Å². The number of amides is 1. The quantitative estimate of drug-likeness (QED) is 0.748. The summed E-state index contributed by atoms with van der Waals surface area (Å²) in [5.74, 6) is -1.17. The number of hydrogen-bond donors (Lipinski definition) is 3. The zero-order valence-corrected chi connectivity index (χ0v) is 11.1. The van der Waals surface area contributed by atoms with Crippen molar-refractivity contribution in [2.24, 2.45) is 5.73 Å². The van der Waals surface area contributed by atoms with Crippen LogP contribution in [0.2, 0.25) is 0 Å². The van der Waals surface area contributed by atoms with Gasteiger partial charge in [0.1, 0.15) is 5.82 Å². The average molecular weight is 273 g/mol. The van der Waals surface area contributed by atoms with Crippen molar-refractivity contribution in [3.8, 4) is 0 Å². The van der Waals surface area contributed by atoms with Gasteiger partial charge < -0.3 is 16.8 Å². The van der Waals surface area contributed by atoms with E-state index in [2.05, 4.69) is 5.32 Å². The van der Waals surface area contributed by atoms with E-state index in [0.29, 0.717) is 17.9 Å². The number of carbonyl (C=O) groups excluding carboxylic acids is 1. The molecule has 0 aliphatic heterocycles. The lowest BCUT2D eigenvalue weighted by molar-refractivity contribution is 0.100. The number of nitrogens with one attached hydrogen (secondary N) is 1. The number of benzene rings is 2. The number of nitrogens with two attached hydrogens (primary N) is 2. The van der Waals surface area contributed by atoms with E-state index in [9.17, 15) is 9.18 Å². The predicted molar refractivity (Wildman–Crippen MR) is 77.8 cm³/mol. The summed E-state index contributed by atoms with van der Waals surface area (Å²) in [6.07, 6.45) is 0. The second kappa shape index (κ2) is 5.61. The van der Waals surface area contributed by atoms with Crippen molar-refractivity contribution in [1.29, 1.82) is 0 Å². The van der Waals surface area contributed by atoms with Crippen LogP contribution in [0.25, 0.3) is 0 Å². The van der Waals surface area contributed by atoms with Gasteiger partial charge in [0.25, 0.3) is 5.91 Å². The fourth-order valence-electron chi connectivity index (χ4n) is 1.96. The highest BCUT2D eigenvalue weighted by Crippen LogP contribution is 2.20. The standard InChI is InChI=1S/C15H16FN3O/c1-9-10(3-2-4-13(9)17)8-19-14-6-5-11(16)7-12(14)15(18)20/h2-7,19H,8,17H2,1H3,(H2,18,20). The Balaban J connectivity index is 2.23. The molecule has 0 atom stereocenters. The third-order valence-electron chi connectivity index (χ3n) is 3.20. The number of nitrogen functional groups attached to an aromatic ring is 1. The molecule has 2 aromatic carbocycles. The minimum Gasteiger partial charge on any atom is -0.399 e. The van der Waals surface area contributed by atoms with Crippen LogP contribution >= 0.6 is 0 Å². The molecule has 0 spiro atoms. The Morgan fingerprint density at radius 3 is 2.75 bits per heavy atom. The van der Waals surface area contributed by atoms with Crippen LogP contribution in [0.15, 0.2) is 36.4 Å². The van der Waals surface area contributed by atoms with Gasteiger partial charge in [-0.1, -0.05) is 12.1 Å². The highest BCUT2D eigenvalue weighted by atomic mass is 19.1. The van der Waals surface area contributed by atoms with Gasteiger partial charge in [0.15, 0.2) is 0 Å². The number of hydrogen-bond acceptors (Lipinski definition) is 3. The van der Waals surface area contributed by atoms with Gasteiger partial charge in [-0.15, -0.1) is 0 Å². The molecule has 2 aromatic rings. The number of primary amides is 1. The van der Waals surface area contributed by atoms with E-state index >= 15 is 0 Å². The Labute approximate surface area is 116 Å². The van der Waals surface area contributed by atoms with Gasteiger partial charge in [-0.2, -0.15) is 0 Å². The third kappa shape index (κ3) is 2.88.